The van der Waals surface area contributed by atoms with Gasteiger partial charge in [0.1, 0.15) is 0 Å². The van der Waals surface area contributed by atoms with E-state index >= 15 is 0 Å². The Kier molecular flexibility index (Phi) is 4.40. The SMILES string of the molecule is CC(C)CP(C)(C)(C)N(S(=O)(=O)F)S(=O)(=O)F. The minimum absolute atomic E-state index is 0.0951. The Hall–Kier alpha value is 0.150. The van der Waals surface area contributed by atoms with Gasteiger partial charge in [-0.2, -0.15) is 0 Å². The molecule has 5 nitrogen and oxygen atoms in total. The van der Waals surface area contributed by atoms with Gasteiger partial charge in [0.25, 0.3) is 0 Å². The van der Waals surface area contributed by atoms with E-state index in [1.54, 1.807) is 13.8 Å². The van der Waals surface area contributed by atoms with Crippen LogP contribution in [0.5, 0.6) is 0 Å². The summed E-state index contributed by atoms with van der Waals surface area (Å²) < 4.78 is 69.1. The first-order chi connectivity index (χ1) is 7.06. The van der Waals surface area contributed by atoms with E-state index in [1.807, 2.05) is 0 Å². The molecular weight excluding hydrogens is 295 g/mol. The fraction of sp³-hybridized carbons (Fsp3) is 1.00. The van der Waals surface area contributed by atoms with Gasteiger partial charge in [-0.25, -0.2) is 0 Å². The average molecular weight is 313 g/mol. The van der Waals surface area contributed by atoms with Gasteiger partial charge in [-0.05, 0) is 0 Å². The Morgan fingerprint density at radius 3 is 1.47 bits per heavy atom. The van der Waals surface area contributed by atoms with E-state index in [4.69, 9.17) is 0 Å². The van der Waals surface area contributed by atoms with E-state index < -0.39 is 31.1 Å². The van der Waals surface area contributed by atoms with Crippen molar-refractivity contribution in [2.45, 2.75) is 13.8 Å². The van der Waals surface area contributed by atoms with Crippen LogP contribution >= 0.6 is 6.75 Å². The van der Waals surface area contributed by atoms with Crippen LogP contribution in [0.1, 0.15) is 13.8 Å². The molecule has 17 heavy (non-hydrogen) atoms. The minimum atomic E-state index is -5.66. The van der Waals surface area contributed by atoms with Gasteiger partial charge in [0, 0.05) is 0 Å². The van der Waals surface area contributed by atoms with Crippen molar-refractivity contribution in [1.29, 1.82) is 0 Å². The summed E-state index contributed by atoms with van der Waals surface area (Å²) in [6.45, 7) is 3.56. The van der Waals surface area contributed by atoms with Gasteiger partial charge >= 0.3 is 102 Å². The topological polar surface area (TPSA) is 71.5 Å². The van der Waals surface area contributed by atoms with Crippen molar-refractivity contribution < 1.29 is 24.6 Å². The van der Waals surface area contributed by atoms with Crippen LogP contribution in [0.2, 0.25) is 0 Å². The zero-order chi connectivity index (χ0) is 14.3. The van der Waals surface area contributed by atoms with Crippen molar-refractivity contribution in [2.24, 2.45) is 5.92 Å². The van der Waals surface area contributed by atoms with Gasteiger partial charge in [-0.3, -0.25) is 0 Å². The quantitative estimate of drug-likeness (QED) is 0.572. The third-order valence-corrected chi connectivity index (χ3v) is 11.8. The summed E-state index contributed by atoms with van der Waals surface area (Å²) in [4.78, 5) is 0. The van der Waals surface area contributed by atoms with E-state index in [0.717, 1.165) is 0 Å². The van der Waals surface area contributed by atoms with Gasteiger partial charge in [0.05, 0.1) is 0 Å². The van der Waals surface area contributed by atoms with E-state index in [-0.39, 0.29) is 12.1 Å². The summed E-state index contributed by atoms with van der Waals surface area (Å²) in [5.41, 5.74) is 0. The van der Waals surface area contributed by atoms with E-state index in [0.29, 0.717) is 0 Å². The second-order valence-electron chi connectivity index (χ2n) is 5.67. The molecule has 0 aromatic rings. The fourth-order valence-corrected chi connectivity index (χ4v) is 11.8. The molecule has 0 aliphatic rings. The van der Waals surface area contributed by atoms with Crippen LogP contribution in [-0.4, -0.2) is 46.5 Å². The second-order valence-corrected chi connectivity index (χ2v) is 15.6. The number of rotatable bonds is 5. The molecule has 0 unspecified atom stereocenters. The molecule has 0 saturated carbocycles. The van der Waals surface area contributed by atoms with Crippen LogP contribution in [0.4, 0.5) is 7.77 Å². The summed E-state index contributed by atoms with van der Waals surface area (Å²) in [6.07, 6.45) is 0.0951. The molecule has 0 aliphatic heterocycles. The maximum atomic E-state index is 13.1. The summed E-state index contributed by atoms with van der Waals surface area (Å²) in [7, 11) is -11.3. The van der Waals surface area contributed by atoms with Gasteiger partial charge in [0.15, 0.2) is 0 Å². The third-order valence-electron chi connectivity index (χ3n) is 1.97. The van der Waals surface area contributed by atoms with E-state index in [1.165, 1.54) is 20.0 Å². The predicted octanol–water partition coefficient (Wildman–Crippen LogP) is 1.73. The summed E-state index contributed by atoms with van der Waals surface area (Å²) in [6, 6.07) is 0. The first-order valence-corrected chi connectivity index (χ1v) is 11.2. The zero-order valence-electron chi connectivity index (χ0n) is 10.4. The van der Waals surface area contributed by atoms with Crippen molar-refractivity contribution >= 4 is 27.6 Å². The fourth-order valence-electron chi connectivity index (χ4n) is 2.15. The van der Waals surface area contributed by atoms with Crippen molar-refractivity contribution in [3.63, 3.8) is 0 Å². The number of nitrogens with zero attached hydrogens (tertiary/aromatic N) is 1. The first-order valence-electron chi connectivity index (χ1n) is 4.76. The predicted molar refractivity (Wildman–Crippen MR) is 66.3 cm³/mol. The zero-order valence-corrected chi connectivity index (χ0v) is 12.9. The number of hydrogen-bond acceptors (Lipinski definition) is 4. The molecule has 0 heterocycles. The molecule has 0 rings (SSSR count). The second kappa shape index (κ2) is 4.36. The molecule has 0 amide bonds. The molecule has 0 aromatic carbocycles. The standard InChI is InChI=1S/C7H18F2NO4PS2/c1-7(2)6-15(3,4,5)10(16(8,11)12)17(9,13)14/h7H,6H2,1-5H3. The van der Waals surface area contributed by atoms with Crippen molar-refractivity contribution in [2.75, 3.05) is 26.2 Å². The molecule has 10 heteroatoms. The Morgan fingerprint density at radius 1 is 1.00 bits per heavy atom. The summed E-state index contributed by atoms with van der Waals surface area (Å²) in [5.74, 6) is -0.0985. The van der Waals surface area contributed by atoms with Gasteiger partial charge in [-0.1, -0.05) is 0 Å². The molecule has 0 atom stereocenters. The molecular formula is C7H18F2NO4PS2. The Balaban J connectivity index is 5.99. The van der Waals surface area contributed by atoms with E-state index in [9.17, 15) is 24.6 Å². The molecule has 0 radical (unpaired) electrons. The summed E-state index contributed by atoms with van der Waals surface area (Å²) >= 11 is 0. The van der Waals surface area contributed by atoms with Crippen LogP contribution in [0.25, 0.3) is 0 Å². The van der Waals surface area contributed by atoms with E-state index in [2.05, 4.69) is 0 Å². The third kappa shape index (κ3) is 4.73. The molecule has 0 saturated heterocycles. The normalized spacial score (nSPS) is 17.1. The van der Waals surface area contributed by atoms with Crippen molar-refractivity contribution in [1.82, 2.24) is 3.48 Å². The molecule has 106 valence electrons. The molecule has 0 bridgehead atoms. The summed E-state index contributed by atoms with van der Waals surface area (Å²) in [5, 5.41) is 0. The molecule has 0 aliphatic carbocycles. The van der Waals surface area contributed by atoms with Gasteiger partial charge in [-0.15, -0.1) is 0 Å². The Bertz CT molecular complexity index is 460. The Labute approximate surface area is 102 Å². The first kappa shape index (κ1) is 17.2. The molecule has 0 spiro atoms. The maximum absolute atomic E-state index is 13.1. The van der Waals surface area contributed by atoms with Crippen LogP contribution in [-0.2, 0) is 20.8 Å². The van der Waals surface area contributed by atoms with Crippen LogP contribution in [0.3, 0.4) is 0 Å². The van der Waals surface area contributed by atoms with Crippen LogP contribution < -0.4 is 0 Å². The molecule has 0 fully saturated rings. The Morgan fingerprint density at radius 2 is 1.29 bits per heavy atom. The van der Waals surface area contributed by atoms with Crippen molar-refractivity contribution in [3.05, 3.63) is 0 Å². The monoisotopic (exact) mass is 313 g/mol. The molecule has 0 N–H and O–H groups in total. The van der Waals surface area contributed by atoms with Crippen molar-refractivity contribution in [3.8, 4) is 0 Å². The number of halogens is 2. The van der Waals surface area contributed by atoms with Gasteiger partial charge in [0.2, 0.25) is 0 Å². The molecule has 0 aromatic heterocycles. The van der Waals surface area contributed by atoms with Crippen LogP contribution in [0.15, 0.2) is 0 Å². The van der Waals surface area contributed by atoms with Crippen LogP contribution in [0, 0.1) is 5.92 Å². The number of hydrogen-bond donors (Lipinski definition) is 0. The van der Waals surface area contributed by atoms with Gasteiger partial charge < -0.3 is 0 Å². The average Bonchev–Trinajstić information content (AvgIpc) is 1.67.